The largest absolute Gasteiger partial charge is 0.504 e. The predicted molar refractivity (Wildman–Crippen MR) is 78.7 cm³/mol. The maximum atomic E-state index is 12.2. The molecule has 0 atom stereocenters. The third-order valence-electron chi connectivity index (χ3n) is 3.22. The second-order valence-electron chi connectivity index (χ2n) is 4.66. The molecule has 0 aliphatic rings. The molecule has 5 heteroatoms. The van der Waals surface area contributed by atoms with Crippen molar-refractivity contribution in [1.82, 2.24) is 4.98 Å². The first-order chi connectivity index (χ1) is 10.1. The highest BCUT2D eigenvalue weighted by atomic mass is 16.5. The second kappa shape index (κ2) is 4.94. The Labute approximate surface area is 120 Å². The van der Waals surface area contributed by atoms with Crippen LogP contribution in [-0.2, 0) is 0 Å². The Kier molecular flexibility index (Phi) is 3.10. The van der Waals surface area contributed by atoms with Gasteiger partial charge in [0.05, 0.1) is 12.5 Å². The number of hydrogen-bond acceptors (Lipinski definition) is 5. The maximum Gasteiger partial charge on any atom is 0.204 e. The Morgan fingerprint density at radius 1 is 1.24 bits per heavy atom. The zero-order chi connectivity index (χ0) is 15.0. The van der Waals surface area contributed by atoms with Crippen LogP contribution in [0, 0.1) is 6.92 Å². The summed E-state index contributed by atoms with van der Waals surface area (Å²) in [5.41, 5.74) is 1.60. The van der Waals surface area contributed by atoms with Crippen molar-refractivity contribution in [2.24, 2.45) is 0 Å². The third-order valence-corrected chi connectivity index (χ3v) is 3.22. The molecule has 106 valence electrons. The van der Waals surface area contributed by atoms with Gasteiger partial charge in [-0.05, 0) is 31.2 Å². The van der Waals surface area contributed by atoms with Crippen LogP contribution in [0.2, 0.25) is 0 Å². The quantitative estimate of drug-likeness (QED) is 0.783. The summed E-state index contributed by atoms with van der Waals surface area (Å²) >= 11 is 0. The highest BCUT2D eigenvalue weighted by Crippen LogP contribution is 2.35. The van der Waals surface area contributed by atoms with Crippen molar-refractivity contribution >= 4 is 11.0 Å². The molecule has 0 fully saturated rings. The summed E-state index contributed by atoms with van der Waals surface area (Å²) in [5, 5.41) is 10.2. The van der Waals surface area contributed by atoms with Gasteiger partial charge >= 0.3 is 0 Å². The summed E-state index contributed by atoms with van der Waals surface area (Å²) in [7, 11) is 1.41. The summed E-state index contributed by atoms with van der Waals surface area (Å²) in [4.78, 5) is 16.3. The van der Waals surface area contributed by atoms with Crippen LogP contribution in [0.25, 0.3) is 22.3 Å². The highest BCUT2D eigenvalue weighted by molar-refractivity contribution is 5.86. The first kappa shape index (κ1) is 13.2. The van der Waals surface area contributed by atoms with E-state index in [0.717, 1.165) is 11.3 Å². The molecule has 0 saturated heterocycles. The number of phenolic OH excluding ortho intramolecular Hbond substituents is 1. The van der Waals surface area contributed by atoms with E-state index in [1.165, 1.54) is 25.3 Å². The monoisotopic (exact) mass is 283 g/mol. The van der Waals surface area contributed by atoms with Gasteiger partial charge in [0.15, 0.2) is 16.8 Å². The van der Waals surface area contributed by atoms with Crippen molar-refractivity contribution in [3.8, 4) is 22.8 Å². The predicted octanol–water partition coefficient (Wildman–Crippen LogP) is 2.88. The highest BCUT2D eigenvalue weighted by Gasteiger charge is 2.14. The van der Waals surface area contributed by atoms with E-state index in [-0.39, 0.29) is 22.5 Å². The topological polar surface area (TPSA) is 72.6 Å². The van der Waals surface area contributed by atoms with E-state index < -0.39 is 0 Å². The molecule has 0 amide bonds. The zero-order valence-corrected chi connectivity index (χ0v) is 11.6. The molecule has 0 saturated carbocycles. The van der Waals surface area contributed by atoms with Crippen LogP contribution >= 0.6 is 0 Å². The number of fused-ring (bicyclic) bond motifs is 1. The lowest BCUT2D eigenvalue weighted by Crippen LogP contribution is -2.01. The van der Waals surface area contributed by atoms with Crippen LogP contribution in [0.1, 0.15) is 5.69 Å². The molecule has 1 N–H and O–H groups in total. The lowest BCUT2D eigenvalue weighted by Gasteiger charge is -2.08. The van der Waals surface area contributed by atoms with Crippen LogP contribution < -0.4 is 10.2 Å². The Bertz CT molecular complexity index is 883. The number of hydrogen-bond donors (Lipinski definition) is 1. The summed E-state index contributed by atoms with van der Waals surface area (Å²) in [6, 6.07) is 7.92. The molecule has 1 aromatic carbocycles. The molecule has 0 spiro atoms. The smallest absolute Gasteiger partial charge is 0.204 e. The summed E-state index contributed by atoms with van der Waals surface area (Å²) in [6.45, 7) is 1.86. The third kappa shape index (κ3) is 2.23. The van der Waals surface area contributed by atoms with Crippen LogP contribution in [0.4, 0.5) is 0 Å². The average Bonchev–Trinajstić information content (AvgIpc) is 2.47. The standard InChI is InChI=1S/C16H13NO4/c1-9-7-10(5-6-17-9)14-8-13(19)11-3-4-12(18)16(20-2)15(11)21-14/h3-8,18H,1-2H3. The van der Waals surface area contributed by atoms with Gasteiger partial charge in [0, 0.05) is 23.5 Å². The fourth-order valence-corrected chi connectivity index (χ4v) is 2.22. The van der Waals surface area contributed by atoms with E-state index >= 15 is 0 Å². The summed E-state index contributed by atoms with van der Waals surface area (Å²) in [5.74, 6) is 0.482. The number of rotatable bonds is 2. The zero-order valence-electron chi connectivity index (χ0n) is 11.6. The molecule has 3 aromatic rings. The lowest BCUT2D eigenvalue weighted by atomic mass is 10.1. The van der Waals surface area contributed by atoms with Gasteiger partial charge in [-0.25, -0.2) is 0 Å². The van der Waals surface area contributed by atoms with Crippen molar-refractivity contribution in [2.45, 2.75) is 6.92 Å². The number of methoxy groups -OCH3 is 1. The molecule has 21 heavy (non-hydrogen) atoms. The van der Waals surface area contributed by atoms with Gasteiger partial charge in [0.25, 0.3) is 0 Å². The number of aromatic nitrogens is 1. The Balaban J connectivity index is 2.34. The van der Waals surface area contributed by atoms with E-state index in [0.29, 0.717) is 11.1 Å². The minimum absolute atomic E-state index is 0.0730. The van der Waals surface area contributed by atoms with E-state index in [1.807, 2.05) is 13.0 Å². The molecule has 2 heterocycles. The van der Waals surface area contributed by atoms with Crippen molar-refractivity contribution in [2.75, 3.05) is 7.11 Å². The van der Waals surface area contributed by atoms with Gasteiger partial charge < -0.3 is 14.3 Å². The van der Waals surface area contributed by atoms with Gasteiger partial charge in [-0.1, -0.05) is 0 Å². The van der Waals surface area contributed by atoms with Crippen molar-refractivity contribution in [3.63, 3.8) is 0 Å². The first-order valence-electron chi connectivity index (χ1n) is 6.37. The van der Waals surface area contributed by atoms with E-state index in [1.54, 1.807) is 12.3 Å². The molecule has 0 bridgehead atoms. The van der Waals surface area contributed by atoms with Crippen molar-refractivity contribution in [3.05, 3.63) is 52.4 Å². The van der Waals surface area contributed by atoms with Gasteiger partial charge in [-0.3, -0.25) is 9.78 Å². The molecule has 5 nitrogen and oxygen atoms in total. The van der Waals surface area contributed by atoms with Gasteiger partial charge in [-0.2, -0.15) is 0 Å². The second-order valence-corrected chi connectivity index (χ2v) is 4.66. The molecular formula is C16H13NO4. The molecular weight excluding hydrogens is 270 g/mol. The number of nitrogens with zero attached hydrogens (tertiary/aromatic N) is 1. The molecule has 0 radical (unpaired) electrons. The van der Waals surface area contributed by atoms with Gasteiger partial charge in [-0.15, -0.1) is 0 Å². The number of aryl methyl sites for hydroxylation is 1. The average molecular weight is 283 g/mol. The van der Waals surface area contributed by atoms with E-state index in [2.05, 4.69) is 4.98 Å². The minimum Gasteiger partial charge on any atom is -0.504 e. The van der Waals surface area contributed by atoms with Crippen LogP contribution in [-0.4, -0.2) is 17.2 Å². The fourth-order valence-electron chi connectivity index (χ4n) is 2.22. The van der Waals surface area contributed by atoms with Crippen molar-refractivity contribution in [1.29, 1.82) is 0 Å². The van der Waals surface area contributed by atoms with Gasteiger partial charge in [0.1, 0.15) is 5.76 Å². The van der Waals surface area contributed by atoms with E-state index in [4.69, 9.17) is 9.15 Å². The molecule has 2 aromatic heterocycles. The fraction of sp³-hybridized carbons (Fsp3) is 0.125. The maximum absolute atomic E-state index is 12.2. The number of aromatic hydroxyl groups is 1. The number of pyridine rings is 1. The normalized spacial score (nSPS) is 10.8. The molecule has 3 rings (SSSR count). The Morgan fingerprint density at radius 2 is 2.05 bits per heavy atom. The molecule has 0 aliphatic heterocycles. The van der Waals surface area contributed by atoms with Crippen LogP contribution in [0.3, 0.4) is 0 Å². The summed E-state index contributed by atoms with van der Waals surface area (Å²) < 4.78 is 10.9. The Morgan fingerprint density at radius 3 is 2.76 bits per heavy atom. The van der Waals surface area contributed by atoms with Crippen LogP contribution in [0.5, 0.6) is 11.5 Å². The Hall–Kier alpha value is -2.82. The molecule has 0 unspecified atom stereocenters. The minimum atomic E-state index is -0.195. The van der Waals surface area contributed by atoms with Crippen molar-refractivity contribution < 1.29 is 14.3 Å². The SMILES string of the molecule is COc1c(O)ccc2c(=O)cc(-c3ccnc(C)c3)oc12. The number of phenols is 1. The van der Waals surface area contributed by atoms with E-state index in [9.17, 15) is 9.90 Å². The van der Waals surface area contributed by atoms with Crippen LogP contribution in [0.15, 0.2) is 45.7 Å². The molecule has 0 aliphatic carbocycles. The summed E-state index contributed by atoms with van der Waals surface area (Å²) in [6.07, 6.45) is 1.65. The first-order valence-corrected chi connectivity index (χ1v) is 6.37. The number of benzene rings is 1. The number of ether oxygens (including phenoxy) is 1. The van der Waals surface area contributed by atoms with Gasteiger partial charge in [0.2, 0.25) is 5.75 Å². The lowest BCUT2D eigenvalue weighted by molar-refractivity contribution is 0.371.